The van der Waals surface area contributed by atoms with Gasteiger partial charge in [0.1, 0.15) is 0 Å². The Kier molecular flexibility index (Phi) is 4.34. The van der Waals surface area contributed by atoms with Crippen molar-refractivity contribution in [1.29, 1.82) is 0 Å². The van der Waals surface area contributed by atoms with E-state index in [4.69, 9.17) is 9.31 Å². The van der Waals surface area contributed by atoms with Crippen LogP contribution in [0.5, 0.6) is 0 Å². The van der Waals surface area contributed by atoms with Gasteiger partial charge in [0, 0.05) is 0 Å². The molecule has 2 unspecified atom stereocenters. The van der Waals surface area contributed by atoms with Crippen LogP contribution in [0.25, 0.3) is 0 Å². The average Bonchev–Trinajstić information content (AvgIpc) is 2.49. The summed E-state index contributed by atoms with van der Waals surface area (Å²) < 4.78 is 13.2. The summed E-state index contributed by atoms with van der Waals surface area (Å²) in [4.78, 5) is 0. The molecule has 0 saturated carbocycles. The van der Waals surface area contributed by atoms with E-state index >= 15 is 0 Å². The summed E-state index contributed by atoms with van der Waals surface area (Å²) in [6.07, 6.45) is 7.67. The summed E-state index contributed by atoms with van der Waals surface area (Å²) in [6.45, 7) is 10.7. The van der Waals surface area contributed by atoms with E-state index in [2.05, 4.69) is 55.8 Å². The van der Waals surface area contributed by atoms with E-state index in [1.165, 1.54) is 10.1 Å². The Hall–Kier alpha value is -0.0551. The molecule has 1 heterocycles. The lowest BCUT2D eigenvalue weighted by Gasteiger charge is -2.37. The van der Waals surface area contributed by atoms with Crippen molar-refractivity contribution in [2.24, 2.45) is 5.92 Å². The Bertz CT molecular complexity index is 416. The molecule has 1 fully saturated rings. The third kappa shape index (κ3) is 3.17. The van der Waals surface area contributed by atoms with Crippen LogP contribution in [-0.2, 0) is 9.31 Å². The fourth-order valence-corrected chi connectivity index (χ4v) is 3.23. The van der Waals surface area contributed by atoms with E-state index in [0.29, 0.717) is 5.92 Å². The van der Waals surface area contributed by atoms with Crippen molar-refractivity contribution in [3.8, 4) is 0 Å². The number of rotatable bonds is 3. The highest BCUT2D eigenvalue weighted by atomic mass is 79.9. The predicted octanol–water partition coefficient (Wildman–Crippen LogP) is 4.71. The predicted molar refractivity (Wildman–Crippen MR) is 84.4 cm³/mol. The molecule has 0 spiro atoms. The second-order valence-corrected chi connectivity index (χ2v) is 7.44. The van der Waals surface area contributed by atoms with Gasteiger partial charge in [-0.2, -0.15) is 0 Å². The fraction of sp³-hybridized carbons (Fsp3) is 0.733. The van der Waals surface area contributed by atoms with E-state index in [9.17, 15) is 0 Å². The van der Waals surface area contributed by atoms with Gasteiger partial charge in [-0.25, -0.2) is 0 Å². The van der Waals surface area contributed by atoms with Crippen molar-refractivity contribution >= 4 is 23.0 Å². The molecule has 0 radical (unpaired) electrons. The van der Waals surface area contributed by atoms with Crippen LogP contribution in [0.4, 0.5) is 0 Å². The highest BCUT2D eigenvalue weighted by Crippen LogP contribution is 2.42. The second kappa shape index (κ2) is 5.38. The van der Waals surface area contributed by atoms with Crippen LogP contribution >= 0.6 is 15.9 Å². The van der Waals surface area contributed by atoms with Gasteiger partial charge in [0.2, 0.25) is 0 Å². The Morgan fingerprint density at radius 3 is 2.53 bits per heavy atom. The minimum Gasteiger partial charge on any atom is -0.403 e. The van der Waals surface area contributed by atoms with Crippen molar-refractivity contribution in [3.63, 3.8) is 0 Å². The van der Waals surface area contributed by atoms with Gasteiger partial charge in [-0.15, -0.1) is 0 Å². The van der Waals surface area contributed by atoms with Crippen LogP contribution in [0.1, 0.15) is 47.0 Å². The summed E-state index contributed by atoms with van der Waals surface area (Å²) in [7, 11) is -0.103. The largest absolute Gasteiger partial charge is 0.454 e. The van der Waals surface area contributed by atoms with E-state index in [1.807, 2.05) is 6.82 Å². The Balaban J connectivity index is 2.00. The van der Waals surface area contributed by atoms with E-state index in [0.717, 1.165) is 19.3 Å². The van der Waals surface area contributed by atoms with Crippen LogP contribution in [-0.4, -0.2) is 18.3 Å². The quantitative estimate of drug-likeness (QED) is 0.699. The highest BCUT2D eigenvalue weighted by Gasteiger charge is 2.51. The van der Waals surface area contributed by atoms with Crippen molar-refractivity contribution in [1.82, 2.24) is 0 Å². The lowest BCUT2D eigenvalue weighted by Crippen LogP contribution is -2.44. The lowest BCUT2D eigenvalue weighted by molar-refractivity contribution is -0.0154. The maximum Gasteiger partial charge on any atom is 0.454 e. The second-order valence-electron chi connectivity index (χ2n) is 6.53. The molecule has 0 amide bonds. The Labute approximate surface area is 125 Å². The van der Waals surface area contributed by atoms with E-state index in [-0.39, 0.29) is 18.3 Å². The summed E-state index contributed by atoms with van der Waals surface area (Å²) in [5, 5.41) is 0. The maximum absolute atomic E-state index is 6.03. The first-order valence-electron chi connectivity index (χ1n) is 7.14. The first kappa shape index (κ1) is 15.3. The molecule has 1 saturated heterocycles. The molecule has 0 aromatic rings. The molecule has 2 rings (SSSR count). The topological polar surface area (TPSA) is 18.5 Å². The molecular weight excluding hydrogens is 303 g/mol. The van der Waals surface area contributed by atoms with Crippen LogP contribution in [0.2, 0.25) is 6.82 Å². The molecule has 0 aromatic carbocycles. The third-order valence-corrected chi connectivity index (χ3v) is 5.65. The van der Waals surface area contributed by atoms with Gasteiger partial charge >= 0.3 is 7.12 Å². The van der Waals surface area contributed by atoms with Crippen molar-refractivity contribution in [2.45, 2.75) is 65.0 Å². The zero-order valence-electron chi connectivity index (χ0n) is 12.6. The van der Waals surface area contributed by atoms with E-state index in [1.54, 1.807) is 0 Å². The van der Waals surface area contributed by atoms with Gasteiger partial charge < -0.3 is 9.31 Å². The van der Waals surface area contributed by atoms with Crippen LogP contribution in [0, 0.1) is 5.92 Å². The average molecular weight is 327 g/mol. The fourth-order valence-electron chi connectivity index (χ4n) is 2.94. The minimum atomic E-state index is -0.219. The molecule has 2 nitrogen and oxygen atoms in total. The molecule has 106 valence electrons. The minimum absolute atomic E-state index is 0.103. The molecule has 19 heavy (non-hydrogen) atoms. The smallest absolute Gasteiger partial charge is 0.403 e. The van der Waals surface area contributed by atoms with Crippen molar-refractivity contribution in [3.05, 3.63) is 22.2 Å². The molecule has 1 aliphatic heterocycles. The van der Waals surface area contributed by atoms with Crippen LogP contribution in [0.3, 0.4) is 0 Å². The maximum atomic E-state index is 6.03. The van der Waals surface area contributed by atoms with Gasteiger partial charge in [-0.3, -0.25) is 0 Å². The van der Waals surface area contributed by atoms with Gasteiger partial charge in [-0.05, 0) is 57.3 Å². The van der Waals surface area contributed by atoms with Gasteiger partial charge in [-0.1, -0.05) is 40.6 Å². The number of allylic oxidation sites excluding steroid dienone is 4. The molecule has 2 atom stereocenters. The molecule has 0 bridgehead atoms. The molecule has 0 aromatic heterocycles. The summed E-state index contributed by atoms with van der Waals surface area (Å²) in [6, 6.07) is 0. The zero-order valence-corrected chi connectivity index (χ0v) is 14.2. The SMILES string of the molecule is CB1OC(C)(C)C(C)(CCC2=CC=C(Br)C(C)C2)O1. The van der Waals surface area contributed by atoms with Gasteiger partial charge in [0.25, 0.3) is 0 Å². The molecule has 0 N–H and O–H groups in total. The number of hydrogen-bond acceptors (Lipinski definition) is 2. The molecular formula is C15H24BBrO2. The normalized spacial score (nSPS) is 34.2. The molecule has 2 aliphatic rings. The van der Waals surface area contributed by atoms with Gasteiger partial charge in [0.05, 0.1) is 11.2 Å². The Morgan fingerprint density at radius 1 is 1.32 bits per heavy atom. The third-order valence-electron chi connectivity index (χ3n) is 4.60. The Morgan fingerprint density at radius 2 is 2.00 bits per heavy atom. The lowest BCUT2D eigenvalue weighted by atomic mass is 9.81. The van der Waals surface area contributed by atoms with Crippen molar-refractivity contribution in [2.75, 3.05) is 0 Å². The van der Waals surface area contributed by atoms with E-state index < -0.39 is 0 Å². The highest BCUT2D eigenvalue weighted by molar-refractivity contribution is 9.11. The summed E-state index contributed by atoms with van der Waals surface area (Å²) >= 11 is 3.61. The molecule has 4 heteroatoms. The van der Waals surface area contributed by atoms with Crippen LogP contribution < -0.4 is 0 Å². The first-order valence-corrected chi connectivity index (χ1v) is 7.93. The zero-order chi connectivity index (χ0) is 14.3. The standard InChI is InChI=1S/C15H24BBrO2/c1-11-10-12(6-7-13(11)17)8-9-15(4)14(2,3)18-16(5)19-15/h6-7,11H,8-10H2,1-5H3. The van der Waals surface area contributed by atoms with Gasteiger partial charge in [0.15, 0.2) is 0 Å². The summed E-state index contributed by atoms with van der Waals surface area (Å²) in [5.41, 5.74) is 1.09. The molecule has 1 aliphatic carbocycles. The summed E-state index contributed by atoms with van der Waals surface area (Å²) in [5.74, 6) is 0.598. The van der Waals surface area contributed by atoms with Crippen LogP contribution in [0.15, 0.2) is 22.2 Å². The van der Waals surface area contributed by atoms with Crippen molar-refractivity contribution < 1.29 is 9.31 Å². The number of halogens is 1. The monoisotopic (exact) mass is 326 g/mol. The number of hydrogen-bond donors (Lipinski definition) is 0. The first-order chi connectivity index (χ1) is 8.73.